The molecular weight excluding hydrogens is 436 g/mol. The number of nitrogens with two attached hydrogens (primary N) is 1. The van der Waals surface area contributed by atoms with Gasteiger partial charge >= 0.3 is 0 Å². The van der Waals surface area contributed by atoms with Gasteiger partial charge in [-0.15, -0.1) is 0 Å². The molecule has 0 radical (unpaired) electrons. The lowest BCUT2D eigenvalue weighted by Crippen LogP contribution is -2.73. The van der Waals surface area contributed by atoms with E-state index in [0.29, 0.717) is 16.5 Å². The first-order valence-corrected chi connectivity index (χ1v) is 12.7. The van der Waals surface area contributed by atoms with Crippen molar-refractivity contribution >= 4 is 33.4 Å². The van der Waals surface area contributed by atoms with Crippen LogP contribution in [0.1, 0.15) is 45.9 Å². The van der Waals surface area contributed by atoms with Gasteiger partial charge in [0.1, 0.15) is 5.82 Å². The van der Waals surface area contributed by atoms with E-state index >= 15 is 0 Å². The number of aryl methyl sites for hydroxylation is 1. The average molecular weight is 472 g/mol. The second kappa shape index (κ2) is 9.93. The number of rotatable bonds is 7. The Morgan fingerprint density at radius 2 is 1.88 bits per heavy atom. The van der Waals surface area contributed by atoms with Crippen LogP contribution in [0.25, 0.3) is 11.0 Å². The molecule has 3 N–H and O–H groups in total. The standard InChI is InChI=1S/C25H34N4O3S/c1-25(2,3)24-26-22-17-20(28(4)33(31)21-8-5-19(27-30)6-9-21)7-10-23(22)29(24)14-11-18-12-15-32-16-13-18/h5-10,17-18,27,30H,11-16H2,1-4H3/p+1. The number of benzene rings is 2. The molecular formula is C25H35N4O3S+. The molecule has 3 aromatic rings. The van der Waals surface area contributed by atoms with Crippen LogP contribution in [0, 0.1) is 5.92 Å². The average Bonchev–Trinajstić information content (AvgIpc) is 3.21. The third-order valence-electron chi connectivity index (χ3n) is 6.35. The number of fused-ring (bicyclic) bond motifs is 1. The van der Waals surface area contributed by atoms with Crippen molar-refractivity contribution in [3.8, 4) is 0 Å². The summed E-state index contributed by atoms with van der Waals surface area (Å²) in [6, 6.07) is 13.2. The zero-order valence-corrected chi connectivity index (χ0v) is 20.8. The van der Waals surface area contributed by atoms with E-state index in [1.807, 2.05) is 19.2 Å². The third-order valence-corrected chi connectivity index (χ3v) is 7.73. The van der Waals surface area contributed by atoms with Crippen molar-refractivity contribution in [1.82, 2.24) is 9.55 Å². The summed E-state index contributed by atoms with van der Waals surface area (Å²) in [7, 11) is 0.466. The zero-order chi connectivity index (χ0) is 23.6. The van der Waals surface area contributed by atoms with Crippen LogP contribution in [0.4, 0.5) is 11.4 Å². The van der Waals surface area contributed by atoms with E-state index in [1.165, 1.54) is 0 Å². The molecule has 1 fully saturated rings. The Morgan fingerprint density at radius 3 is 2.52 bits per heavy atom. The smallest absolute Gasteiger partial charge is 0.161 e. The summed E-state index contributed by atoms with van der Waals surface area (Å²) < 4.78 is 22.8. The zero-order valence-electron chi connectivity index (χ0n) is 20.0. The van der Waals surface area contributed by atoms with Gasteiger partial charge in [-0.1, -0.05) is 20.8 Å². The Bertz CT molecular complexity index is 1120. The fraction of sp³-hybridized carbons (Fsp3) is 0.480. The molecule has 0 spiro atoms. The molecule has 7 nitrogen and oxygen atoms in total. The van der Waals surface area contributed by atoms with Crippen LogP contribution < -0.4 is 9.79 Å². The molecule has 0 bridgehead atoms. The molecule has 1 aliphatic heterocycles. The first-order valence-electron chi connectivity index (χ1n) is 11.6. The van der Waals surface area contributed by atoms with Gasteiger partial charge in [0.05, 0.1) is 21.6 Å². The molecule has 178 valence electrons. The molecule has 1 aromatic heterocycles. The van der Waals surface area contributed by atoms with E-state index in [1.54, 1.807) is 28.6 Å². The summed E-state index contributed by atoms with van der Waals surface area (Å²) >= 11 is 0. The molecule has 8 heteroatoms. The van der Waals surface area contributed by atoms with Crippen LogP contribution >= 0.6 is 0 Å². The molecule has 33 heavy (non-hydrogen) atoms. The number of imidazole rings is 1. The summed E-state index contributed by atoms with van der Waals surface area (Å²) in [6.45, 7) is 9.30. The highest BCUT2D eigenvalue weighted by atomic mass is 32.2. The Balaban J connectivity index is 1.61. The molecule has 2 aromatic carbocycles. The van der Waals surface area contributed by atoms with E-state index in [2.05, 4.69) is 31.4 Å². The molecule has 0 amide bonds. The second-order valence-corrected chi connectivity index (χ2v) is 11.3. The van der Waals surface area contributed by atoms with Crippen LogP contribution in [0.3, 0.4) is 0 Å². The number of ether oxygens (including phenoxy) is 1. The molecule has 2 heterocycles. The van der Waals surface area contributed by atoms with Crippen molar-refractivity contribution in [1.29, 1.82) is 0 Å². The highest BCUT2D eigenvalue weighted by Gasteiger charge is 2.24. The summed E-state index contributed by atoms with van der Waals surface area (Å²) in [5, 5.41) is 9.12. The van der Waals surface area contributed by atoms with Crippen LogP contribution in [0.2, 0.25) is 0 Å². The Labute approximate surface area is 198 Å². The number of hydrogen-bond acceptors (Lipinski definition) is 4. The number of nitrogens with zero attached hydrogens (tertiary/aromatic N) is 3. The molecule has 1 aliphatic rings. The van der Waals surface area contributed by atoms with E-state index in [-0.39, 0.29) is 5.41 Å². The van der Waals surface area contributed by atoms with Gasteiger partial charge in [0.2, 0.25) is 0 Å². The van der Waals surface area contributed by atoms with Crippen LogP contribution in [0.15, 0.2) is 47.4 Å². The Hall–Kier alpha value is -2.26. The topological polar surface area (TPSA) is 84.2 Å². The number of anilines is 1. The van der Waals surface area contributed by atoms with Gasteiger partial charge < -0.3 is 9.30 Å². The van der Waals surface area contributed by atoms with Gasteiger partial charge in [-0.3, -0.25) is 4.31 Å². The maximum Gasteiger partial charge on any atom is 0.161 e. The molecule has 1 unspecified atom stereocenters. The van der Waals surface area contributed by atoms with E-state index in [0.717, 1.165) is 67.0 Å². The molecule has 4 rings (SSSR count). The van der Waals surface area contributed by atoms with Crippen molar-refractivity contribution in [2.45, 2.75) is 56.9 Å². The van der Waals surface area contributed by atoms with Crippen LogP contribution in [-0.4, -0.2) is 39.2 Å². The number of quaternary nitrogens is 1. The van der Waals surface area contributed by atoms with E-state index < -0.39 is 11.0 Å². The number of hydrogen-bond donors (Lipinski definition) is 2. The molecule has 0 saturated carbocycles. The lowest BCUT2D eigenvalue weighted by Gasteiger charge is -2.24. The van der Waals surface area contributed by atoms with Crippen molar-refractivity contribution < 1.29 is 19.6 Å². The van der Waals surface area contributed by atoms with Crippen molar-refractivity contribution in [3.63, 3.8) is 0 Å². The molecule has 0 aliphatic carbocycles. The van der Waals surface area contributed by atoms with Crippen molar-refractivity contribution in [3.05, 3.63) is 48.3 Å². The van der Waals surface area contributed by atoms with Gasteiger partial charge in [-0.25, -0.2) is 14.4 Å². The van der Waals surface area contributed by atoms with Gasteiger partial charge in [-0.05, 0) is 55.5 Å². The normalized spacial score (nSPS) is 16.3. The number of aromatic nitrogens is 2. The Kier molecular flexibility index (Phi) is 7.19. The predicted molar refractivity (Wildman–Crippen MR) is 131 cm³/mol. The first kappa shape index (κ1) is 23.9. The summed E-state index contributed by atoms with van der Waals surface area (Å²) in [5.41, 5.74) is 4.55. The monoisotopic (exact) mass is 471 g/mol. The summed E-state index contributed by atoms with van der Waals surface area (Å²) in [4.78, 5) is 5.71. The van der Waals surface area contributed by atoms with Gasteiger partial charge in [0.15, 0.2) is 16.7 Å². The minimum Gasteiger partial charge on any atom is -0.381 e. The fourth-order valence-corrected chi connectivity index (χ4v) is 5.37. The van der Waals surface area contributed by atoms with Crippen molar-refractivity contribution in [2.24, 2.45) is 5.92 Å². The van der Waals surface area contributed by atoms with Gasteiger partial charge in [0.25, 0.3) is 0 Å². The lowest BCUT2D eigenvalue weighted by atomic mass is 9.94. The highest BCUT2D eigenvalue weighted by Crippen LogP contribution is 2.31. The third kappa shape index (κ3) is 5.30. The maximum atomic E-state index is 13.1. The van der Waals surface area contributed by atoms with Gasteiger partial charge in [-0.2, -0.15) is 5.48 Å². The highest BCUT2D eigenvalue weighted by molar-refractivity contribution is 7.86. The predicted octanol–water partition coefficient (Wildman–Crippen LogP) is 3.89. The minimum atomic E-state index is -1.36. The minimum absolute atomic E-state index is 0.0744. The lowest BCUT2D eigenvalue weighted by molar-refractivity contribution is -0.825. The second-order valence-electron chi connectivity index (χ2n) is 9.80. The van der Waals surface area contributed by atoms with Crippen LogP contribution in [0.5, 0.6) is 0 Å². The van der Waals surface area contributed by atoms with E-state index in [9.17, 15) is 4.21 Å². The largest absolute Gasteiger partial charge is 0.381 e. The molecule has 1 atom stereocenters. The summed E-state index contributed by atoms with van der Waals surface area (Å²) in [6.07, 6.45) is 3.40. The fourth-order valence-electron chi connectivity index (χ4n) is 4.38. The van der Waals surface area contributed by atoms with Gasteiger partial charge in [0, 0.05) is 44.4 Å². The summed E-state index contributed by atoms with van der Waals surface area (Å²) in [5.74, 6) is 1.79. The maximum absolute atomic E-state index is 13.1. The first-order chi connectivity index (χ1) is 15.8. The molecule has 1 saturated heterocycles. The van der Waals surface area contributed by atoms with Crippen LogP contribution in [-0.2, 0) is 27.7 Å². The van der Waals surface area contributed by atoms with Crippen molar-refractivity contribution in [2.75, 3.05) is 24.6 Å². The van der Waals surface area contributed by atoms with E-state index in [4.69, 9.17) is 14.9 Å². The Morgan fingerprint density at radius 1 is 1.18 bits per heavy atom. The quantitative estimate of drug-likeness (QED) is 0.404. The SMILES string of the molecule is CN(c1ccc2c(c1)nc(C(C)(C)C)n2CCC1CCOCC1)S(=O)c1ccc([NH2+]O)cc1.